The van der Waals surface area contributed by atoms with E-state index in [4.69, 9.17) is 4.74 Å². The number of ketones is 1. The van der Waals surface area contributed by atoms with Gasteiger partial charge in [-0.3, -0.25) is 14.5 Å². The van der Waals surface area contributed by atoms with Crippen LogP contribution >= 0.6 is 0 Å². The first kappa shape index (κ1) is 22.3. The van der Waals surface area contributed by atoms with Gasteiger partial charge in [0.15, 0.2) is 0 Å². The molecular weight excluding hydrogens is 421 g/mol. The van der Waals surface area contributed by atoms with Crippen LogP contribution in [0.3, 0.4) is 0 Å². The fourth-order valence-electron chi connectivity index (χ4n) is 4.34. The Labute approximate surface area is 191 Å². The van der Waals surface area contributed by atoms with Crippen molar-refractivity contribution in [2.45, 2.75) is 26.8 Å². The number of hydrogen-bond donors (Lipinski definition) is 1. The topological polar surface area (TPSA) is 66.8 Å². The maximum Gasteiger partial charge on any atom is 0.300 e. The highest BCUT2D eigenvalue weighted by Crippen LogP contribution is 2.44. The van der Waals surface area contributed by atoms with Crippen molar-refractivity contribution in [1.82, 2.24) is 0 Å². The van der Waals surface area contributed by atoms with Gasteiger partial charge in [0.05, 0.1) is 24.3 Å². The zero-order valence-electron chi connectivity index (χ0n) is 18.8. The van der Waals surface area contributed by atoms with Gasteiger partial charge in [-0.05, 0) is 56.2 Å². The molecule has 1 N–H and O–H groups in total. The molecule has 1 atom stereocenters. The average molecular weight is 445 g/mol. The van der Waals surface area contributed by atoms with E-state index < -0.39 is 29.3 Å². The van der Waals surface area contributed by atoms with E-state index in [1.54, 1.807) is 36.4 Å². The Hall–Kier alpha value is -3.93. The monoisotopic (exact) mass is 445 g/mol. The first-order valence-electron chi connectivity index (χ1n) is 10.5. The molecule has 1 aliphatic heterocycles. The number of methoxy groups -OCH3 is 1. The van der Waals surface area contributed by atoms with Crippen LogP contribution in [0.4, 0.5) is 10.1 Å². The van der Waals surface area contributed by atoms with E-state index in [9.17, 15) is 19.1 Å². The minimum Gasteiger partial charge on any atom is -0.507 e. The summed E-state index contributed by atoms with van der Waals surface area (Å²) in [6.45, 7) is 5.57. The Morgan fingerprint density at radius 2 is 1.64 bits per heavy atom. The molecule has 5 nitrogen and oxygen atoms in total. The molecule has 3 aromatic carbocycles. The molecule has 0 aliphatic carbocycles. The molecule has 1 unspecified atom stereocenters. The largest absolute Gasteiger partial charge is 0.507 e. The van der Waals surface area contributed by atoms with Crippen molar-refractivity contribution in [2.24, 2.45) is 0 Å². The number of ether oxygens (including phenoxy) is 1. The number of halogens is 1. The summed E-state index contributed by atoms with van der Waals surface area (Å²) in [4.78, 5) is 27.7. The van der Waals surface area contributed by atoms with Crippen molar-refractivity contribution in [3.8, 4) is 5.75 Å². The number of hydrogen-bond acceptors (Lipinski definition) is 4. The van der Waals surface area contributed by atoms with Gasteiger partial charge in [-0.2, -0.15) is 0 Å². The molecule has 0 spiro atoms. The van der Waals surface area contributed by atoms with E-state index in [2.05, 4.69) is 0 Å². The second-order valence-corrected chi connectivity index (χ2v) is 8.19. The molecule has 0 aromatic heterocycles. The number of aliphatic hydroxyl groups excluding tert-OH is 1. The molecule has 1 heterocycles. The third-order valence-electron chi connectivity index (χ3n) is 5.83. The number of carbonyl (C=O) groups is 2. The van der Waals surface area contributed by atoms with E-state index in [0.29, 0.717) is 11.4 Å². The van der Waals surface area contributed by atoms with Crippen molar-refractivity contribution < 1.29 is 23.8 Å². The number of aliphatic hydroxyl groups is 1. The van der Waals surface area contributed by atoms with Crippen LogP contribution in [0, 0.1) is 26.6 Å². The van der Waals surface area contributed by atoms with Crippen LogP contribution in [-0.4, -0.2) is 23.9 Å². The number of carbonyl (C=O) groups excluding carboxylic acids is 2. The Balaban J connectivity index is 2.03. The number of rotatable bonds is 4. The predicted molar refractivity (Wildman–Crippen MR) is 125 cm³/mol. The van der Waals surface area contributed by atoms with Gasteiger partial charge in [-0.1, -0.05) is 42.0 Å². The van der Waals surface area contributed by atoms with Crippen LogP contribution in [0.25, 0.3) is 5.76 Å². The number of aryl methyl sites for hydroxylation is 3. The van der Waals surface area contributed by atoms with Gasteiger partial charge >= 0.3 is 0 Å². The standard InChI is InChI=1S/C27H24FNO4/c1-15-9-11-18(12-10-15)29-23(19-7-5-6-8-21(19)28)22(25(31)27(29)32)24(30)20-14-16(2)13-17(3)26(20)33-4/h5-14,23,30H,1-4H3/b24-22+. The summed E-state index contributed by atoms with van der Waals surface area (Å²) < 4.78 is 20.5. The third-order valence-corrected chi connectivity index (χ3v) is 5.83. The van der Waals surface area contributed by atoms with E-state index in [0.717, 1.165) is 16.7 Å². The molecular formula is C27H24FNO4. The number of nitrogens with zero attached hydrogens (tertiary/aromatic N) is 1. The van der Waals surface area contributed by atoms with Crippen LogP contribution in [0.2, 0.25) is 0 Å². The lowest BCUT2D eigenvalue weighted by Gasteiger charge is -2.26. The lowest BCUT2D eigenvalue weighted by atomic mass is 9.93. The molecule has 0 bridgehead atoms. The van der Waals surface area contributed by atoms with Crippen molar-refractivity contribution >= 4 is 23.1 Å². The van der Waals surface area contributed by atoms with Crippen LogP contribution in [0.5, 0.6) is 5.75 Å². The van der Waals surface area contributed by atoms with Gasteiger partial charge in [-0.15, -0.1) is 0 Å². The number of amides is 1. The Bertz CT molecular complexity index is 1290. The molecule has 1 saturated heterocycles. The Kier molecular flexibility index (Phi) is 5.77. The molecule has 0 saturated carbocycles. The smallest absolute Gasteiger partial charge is 0.300 e. The molecule has 4 rings (SSSR count). The summed E-state index contributed by atoms with van der Waals surface area (Å²) in [6.07, 6.45) is 0. The zero-order chi connectivity index (χ0) is 23.9. The fraction of sp³-hybridized carbons (Fsp3) is 0.185. The minimum absolute atomic E-state index is 0.113. The second kappa shape index (κ2) is 8.54. The van der Waals surface area contributed by atoms with Gasteiger partial charge in [0, 0.05) is 11.3 Å². The summed E-state index contributed by atoms with van der Waals surface area (Å²) in [6, 6.07) is 15.4. The normalized spacial score (nSPS) is 17.5. The number of benzene rings is 3. The minimum atomic E-state index is -1.14. The van der Waals surface area contributed by atoms with Crippen molar-refractivity contribution in [3.63, 3.8) is 0 Å². The van der Waals surface area contributed by atoms with Crippen molar-refractivity contribution in [2.75, 3.05) is 12.0 Å². The molecule has 3 aromatic rings. The van der Waals surface area contributed by atoms with Gasteiger partial charge in [0.2, 0.25) is 0 Å². The maximum atomic E-state index is 15.0. The van der Waals surface area contributed by atoms with Gasteiger partial charge < -0.3 is 9.84 Å². The molecule has 0 radical (unpaired) electrons. The highest BCUT2D eigenvalue weighted by molar-refractivity contribution is 6.51. The van der Waals surface area contributed by atoms with Crippen molar-refractivity contribution in [1.29, 1.82) is 0 Å². The van der Waals surface area contributed by atoms with Crippen molar-refractivity contribution in [3.05, 3.63) is 99.9 Å². The molecule has 33 heavy (non-hydrogen) atoms. The van der Waals surface area contributed by atoms with E-state index in [1.165, 1.54) is 30.2 Å². The lowest BCUT2D eigenvalue weighted by Crippen LogP contribution is -2.29. The van der Waals surface area contributed by atoms with E-state index in [-0.39, 0.29) is 16.7 Å². The van der Waals surface area contributed by atoms with Crippen LogP contribution in [0.15, 0.2) is 66.2 Å². The van der Waals surface area contributed by atoms with Crippen LogP contribution < -0.4 is 9.64 Å². The van der Waals surface area contributed by atoms with Crippen LogP contribution in [-0.2, 0) is 9.59 Å². The van der Waals surface area contributed by atoms with E-state index in [1.807, 2.05) is 26.8 Å². The van der Waals surface area contributed by atoms with Crippen LogP contribution in [0.1, 0.15) is 33.9 Å². The molecule has 1 aliphatic rings. The number of Topliss-reactive ketones (excluding diaryl/α,β-unsaturated/α-hetero) is 1. The molecule has 168 valence electrons. The Morgan fingerprint density at radius 1 is 0.970 bits per heavy atom. The lowest BCUT2D eigenvalue weighted by molar-refractivity contribution is -0.132. The second-order valence-electron chi connectivity index (χ2n) is 8.19. The summed E-state index contributed by atoms with van der Waals surface area (Å²) in [7, 11) is 1.47. The fourth-order valence-corrected chi connectivity index (χ4v) is 4.34. The van der Waals surface area contributed by atoms with Gasteiger partial charge in [0.1, 0.15) is 17.3 Å². The maximum absolute atomic E-state index is 15.0. The van der Waals surface area contributed by atoms with E-state index >= 15 is 0 Å². The molecule has 1 fully saturated rings. The zero-order valence-corrected chi connectivity index (χ0v) is 18.8. The Morgan fingerprint density at radius 3 is 2.27 bits per heavy atom. The highest BCUT2D eigenvalue weighted by atomic mass is 19.1. The quantitative estimate of drug-likeness (QED) is 0.332. The molecule has 1 amide bonds. The van der Waals surface area contributed by atoms with Gasteiger partial charge in [0.25, 0.3) is 11.7 Å². The van der Waals surface area contributed by atoms with Gasteiger partial charge in [-0.25, -0.2) is 4.39 Å². The predicted octanol–water partition coefficient (Wildman–Crippen LogP) is 5.39. The number of anilines is 1. The highest BCUT2D eigenvalue weighted by Gasteiger charge is 2.48. The summed E-state index contributed by atoms with van der Waals surface area (Å²) in [5.74, 6) is -2.33. The third kappa shape index (κ3) is 3.78. The summed E-state index contributed by atoms with van der Waals surface area (Å²) in [5.41, 5.74) is 3.20. The first-order valence-corrected chi connectivity index (χ1v) is 10.5. The molecule has 6 heteroatoms. The SMILES string of the molecule is COc1c(C)cc(C)cc1/C(O)=C1\C(=O)C(=O)N(c2ccc(C)cc2)C1c1ccccc1F. The first-order chi connectivity index (χ1) is 15.7. The average Bonchev–Trinajstić information content (AvgIpc) is 3.04. The summed E-state index contributed by atoms with van der Waals surface area (Å²) >= 11 is 0. The summed E-state index contributed by atoms with van der Waals surface area (Å²) in [5, 5.41) is 11.4.